The third-order valence-corrected chi connectivity index (χ3v) is 2.85. The number of aryl methyl sites for hydroxylation is 1. The molecule has 0 spiro atoms. The maximum Gasteiger partial charge on any atom is 0.224 e. The lowest BCUT2D eigenvalue weighted by atomic mass is 10.0. The van der Waals surface area contributed by atoms with Gasteiger partial charge in [0.15, 0.2) is 0 Å². The van der Waals surface area contributed by atoms with Gasteiger partial charge in [0, 0.05) is 6.42 Å². The summed E-state index contributed by atoms with van der Waals surface area (Å²) in [6, 6.07) is 4.94. The number of nitrogens with one attached hydrogen (secondary N) is 1. The normalized spacial score (nSPS) is 12.2. The molecule has 0 fully saturated rings. The predicted molar refractivity (Wildman–Crippen MR) is 67.2 cm³/mol. The molecule has 0 bridgehead atoms. The van der Waals surface area contributed by atoms with Crippen molar-refractivity contribution in [3.63, 3.8) is 0 Å². The van der Waals surface area contributed by atoms with Crippen LogP contribution in [0.2, 0.25) is 0 Å². The van der Waals surface area contributed by atoms with Crippen molar-refractivity contribution in [1.82, 2.24) is 0 Å². The van der Waals surface area contributed by atoms with Crippen molar-refractivity contribution in [1.29, 1.82) is 0 Å². The van der Waals surface area contributed by atoms with Crippen molar-refractivity contribution >= 4 is 11.6 Å². The number of carbonyl (C=O) groups is 1. The second-order valence-electron chi connectivity index (χ2n) is 4.20. The molecular formula is C13H19FN2O. The van der Waals surface area contributed by atoms with Gasteiger partial charge in [-0.1, -0.05) is 25.5 Å². The molecule has 17 heavy (non-hydrogen) atoms. The zero-order valence-electron chi connectivity index (χ0n) is 10.3. The Morgan fingerprint density at radius 2 is 2.24 bits per heavy atom. The van der Waals surface area contributed by atoms with E-state index in [1.54, 1.807) is 25.1 Å². The van der Waals surface area contributed by atoms with E-state index in [0.29, 0.717) is 18.5 Å². The van der Waals surface area contributed by atoms with E-state index in [2.05, 4.69) is 5.32 Å². The van der Waals surface area contributed by atoms with Gasteiger partial charge in [-0.3, -0.25) is 4.79 Å². The molecule has 4 heteroatoms. The van der Waals surface area contributed by atoms with E-state index in [4.69, 9.17) is 5.73 Å². The lowest BCUT2D eigenvalue weighted by Crippen LogP contribution is -2.22. The summed E-state index contributed by atoms with van der Waals surface area (Å²) in [7, 11) is 0. The number of carbonyl (C=O) groups excluding carboxylic acids is 1. The topological polar surface area (TPSA) is 55.1 Å². The van der Waals surface area contributed by atoms with E-state index in [-0.39, 0.29) is 23.3 Å². The molecule has 1 rings (SSSR count). The Bertz CT molecular complexity index is 389. The fourth-order valence-electron chi connectivity index (χ4n) is 1.60. The smallest absolute Gasteiger partial charge is 0.224 e. The lowest BCUT2D eigenvalue weighted by molar-refractivity contribution is -0.117. The standard InChI is InChI=1S/C13H19FN2O/c1-3-10(8-15)7-12(17)16-11-6-4-5-9(2)13(11)14/h4-6,10H,3,7-8,15H2,1-2H3,(H,16,17). The molecule has 1 aromatic carbocycles. The Kier molecular flexibility index (Phi) is 5.10. The average Bonchev–Trinajstić information content (AvgIpc) is 2.32. The van der Waals surface area contributed by atoms with Crippen LogP contribution in [0.1, 0.15) is 25.3 Å². The lowest BCUT2D eigenvalue weighted by Gasteiger charge is -2.12. The SMILES string of the molecule is CCC(CN)CC(=O)Nc1cccc(C)c1F. The van der Waals surface area contributed by atoms with Crippen LogP contribution in [0, 0.1) is 18.7 Å². The number of anilines is 1. The van der Waals surface area contributed by atoms with Crippen molar-refractivity contribution in [3.05, 3.63) is 29.6 Å². The first-order valence-corrected chi connectivity index (χ1v) is 5.83. The summed E-state index contributed by atoms with van der Waals surface area (Å²) in [4.78, 5) is 11.7. The van der Waals surface area contributed by atoms with E-state index in [1.165, 1.54) is 0 Å². The molecular weight excluding hydrogens is 219 g/mol. The van der Waals surface area contributed by atoms with E-state index in [1.807, 2.05) is 6.92 Å². The van der Waals surface area contributed by atoms with E-state index >= 15 is 0 Å². The van der Waals surface area contributed by atoms with Crippen LogP contribution in [0.25, 0.3) is 0 Å². The van der Waals surface area contributed by atoms with Gasteiger partial charge in [0.05, 0.1) is 5.69 Å². The highest BCUT2D eigenvalue weighted by molar-refractivity contribution is 5.91. The second kappa shape index (κ2) is 6.35. The highest BCUT2D eigenvalue weighted by Crippen LogP contribution is 2.18. The monoisotopic (exact) mass is 238 g/mol. The van der Waals surface area contributed by atoms with Gasteiger partial charge < -0.3 is 11.1 Å². The third kappa shape index (κ3) is 3.82. The largest absolute Gasteiger partial charge is 0.330 e. The van der Waals surface area contributed by atoms with E-state index < -0.39 is 0 Å². The molecule has 0 radical (unpaired) electrons. The minimum absolute atomic E-state index is 0.155. The Balaban J connectivity index is 2.65. The summed E-state index contributed by atoms with van der Waals surface area (Å²) < 4.78 is 13.6. The van der Waals surface area contributed by atoms with Gasteiger partial charge in [0.25, 0.3) is 0 Å². The number of halogens is 1. The highest BCUT2D eigenvalue weighted by Gasteiger charge is 2.12. The first-order chi connectivity index (χ1) is 8.08. The molecule has 1 atom stereocenters. The van der Waals surface area contributed by atoms with Crippen molar-refractivity contribution in [2.45, 2.75) is 26.7 Å². The molecule has 0 saturated heterocycles. The predicted octanol–water partition coefficient (Wildman–Crippen LogP) is 2.45. The Morgan fingerprint density at radius 1 is 1.53 bits per heavy atom. The molecule has 0 aliphatic rings. The van der Waals surface area contributed by atoms with Crippen LogP contribution >= 0.6 is 0 Å². The second-order valence-corrected chi connectivity index (χ2v) is 4.20. The maximum atomic E-state index is 13.6. The summed E-state index contributed by atoms with van der Waals surface area (Å²) in [5.74, 6) is -0.406. The molecule has 0 saturated carbocycles. The van der Waals surface area contributed by atoms with Gasteiger partial charge in [-0.25, -0.2) is 4.39 Å². The van der Waals surface area contributed by atoms with Gasteiger partial charge in [0.2, 0.25) is 5.91 Å². The fraction of sp³-hybridized carbons (Fsp3) is 0.462. The summed E-state index contributed by atoms with van der Waals surface area (Å²) in [5.41, 5.74) is 6.28. The molecule has 0 aliphatic carbocycles. The van der Waals surface area contributed by atoms with E-state index in [9.17, 15) is 9.18 Å². The van der Waals surface area contributed by atoms with Crippen LogP contribution in [0.5, 0.6) is 0 Å². The molecule has 1 unspecified atom stereocenters. The molecule has 3 N–H and O–H groups in total. The van der Waals surface area contributed by atoms with Crippen LogP contribution in [0.3, 0.4) is 0 Å². The maximum absolute atomic E-state index is 13.6. The van der Waals surface area contributed by atoms with Crippen molar-refractivity contribution in [2.24, 2.45) is 11.7 Å². The molecule has 0 aliphatic heterocycles. The Labute approximate surface area is 101 Å². The van der Waals surface area contributed by atoms with Crippen LogP contribution in [-0.4, -0.2) is 12.5 Å². The number of amides is 1. The van der Waals surface area contributed by atoms with Crippen molar-refractivity contribution in [3.8, 4) is 0 Å². The highest BCUT2D eigenvalue weighted by atomic mass is 19.1. The van der Waals surface area contributed by atoms with Crippen molar-refractivity contribution in [2.75, 3.05) is 11.9 Å². The first kappa shape index (κ1) is 13.6. The summed E-state index contributed by atoms with van der Waals surface area (Å²) in [5, 5.41) is 2.58. The van der Waals surface area contributed by atoms with Gasteiger partial charge in [0.1, 0.15) is 5.82 Å². The quantitative estimate of drug-likeness (QED) is 0.827. The van der Waals surface area contributed by atoms with Crippen LogP contribution in [0.15, 0.2) is 18.2 Å². The minimum atomic E-state index is -0.373. The Morgan fingerprint density at radius 3 is 2.82 bits per heavy atom. The molecule has 1 aromatic rings. The Hall–Kier alpha value is -1.42. The molecule has 1 amide bonds. The van der Waals surface area contributed by atoms with Crippen LogP contribution in [0.4, 0.5) is 10.1 Å². The number of nitrogens with two attached hydrogens (primary N) is 1. The fourth-order valence-corrected chi connectivity index (χ4v) is 1.60. The number of hydrogen-bond acceptors (Lipinski definition) is 2. The molecule has 0 heterocycles. The number of benzene rings is 1. The molecule has 94 valence electrons. The van der Waals surface area contributed by atoms with Crippen LogP contribution in [-0.2, 0) is 4.79 Å². The minimum Gasteiger partial charge on any atom is -0.330 e. The number of hydrogen-bond donors (Lipinski definition) is 2. The average molecular weight is 238 g/mol. The number of rotatable bonds is 5. The third-order valence-electron chi connectivity index (χ3n) is 2.85. The molecule has 3 nitrogen and oxygen atoms in total. The van der Waals surface area contributed by atoms with Gasteiger partial charge in [-0.05, 0) is 31.0 Å². The van der Waals surface area contributed by atoms with Crippen molar-refractivity contribution < 1.29 is 9.18 Å². The molecule has 0 aromatic heterocycles. The van der Waals surface area contributed by atoms with Gasteiger partial charge in [-0.2, -0.15) is 0 Å². The summed E-state index contributed by atoms with van der Waals surface area (Å²) in [6.45, 7) is 4.12. The summed E-state index contributed by atoms with van der Waals surface area (Å²) in [6.07, 6.45) is 1.18. The van der Waals surface area contributed by atoms with E-state index in [0.717, 1.165) is 6.42 Å². The zero-order chi connectivity index (χ0) is 12.8. The first-order valence-electron chi connectivity index (χ1n) is 5.83. The van der Waals surface area contributed by atoms with Crippen LogP contribution < -0.4 is 11.1 Å². The summed E-state index contributed by atoms with van der Waals surface area (Å²) >= 11 is 0. The van der Waals surface area contributed by atoms with Gasteiger partial charge in [-0.15, -0.1) is 0 Å². The zero-order valence-corrected chi connectivity index (χ0v) is 10.3. The van der Waals surface area contributed by atoms with Gasteiger partial charge >= 0.3 is 0 Å².